The van der Waals surface area contributed by atoms with E-state index in [0.717, 1.165) is 18.2 Å². The smallest absolute Gasteiger partial charge is 0.147 e. The minimum absolute atomic E-state index is 0.249. The first-order valence-corrected chi connectivity index (χ1v) is 6.63. The molecule has 19 heavy (non-hydrogen) atoms. The zero-order chi connectivity index (χ0) is 14.0. The van der Waals surface area contributed by atoms with Crippen LogP contribution in [0, 0.1) is 27.7 Å². The van der Waals surface area contributed by atoms with Crippen molar-refractivity contribution in [1.82, 2.24) is 20.1 Å². The van der Waals surface area contributed by atoms with Gasteiger partial charge in [-0.25, -0.2) is 9.67 Å². The minimum Gasteiger partial charge on any atom is -0.311 e. The molecule has 0 aliphatic carbocycles. The van der Waals surface area contributed by atoms with Gasteiger partial charge < -0.3 is 5.32 Å². The molecule has 1 aromatic carbocycles. The maximum atomic E-state index is 4.43. The van der Waals surface area contributed by atoms with Crippen LogP contribution in [0.25, 0.3) is 0 Å². The first-order valence-electron chi connectivity index (χ1n) is 6.63. The third kappa shape index (κ3) is 3.20. The molecule has 0 radical (unpaired) electrons. The van der Waals surface area contributed by atoms with Crippen molar-refractivity contribution in [2.75, 3.05) is 7.05 Å². The fraction of sp³-hybridized carbons (Fsp3) is 0.467. The molecule has 1 heterocycles. The molecule has 0 bridgehead atoms. The summed E-state index contributed by atoms with van der Waals surface area (Å²) in [6.07, 6.45) is 0. The van der Waals surface area contributed by atoms with E-state index in [0.29, 0.717) is 0 Å². The Morgan fingerprint density at radius 3 is 2.21 bits per heavy atom. The lowest BCUT2D eigenvalue weighted by atomic mass is 10.0. The van der Waals surface area contributed by atoms with Crippen LogP contribution in [-0.4, -0.2) is 21.8 Å². The van der Waals surface area contributed by atoms with Crippen LogP contribution >= 0.6 is 0 Å². The summed E-state index contributed by atoms with van der Waals surface area (Å²) in [5.41, 5.74) is 3.89. The Morgan fingerprint density at radius 1 is 1.11 bits per heavy atom. The molecule has 1 unspecified atom stereocenters. The zero-order valence-corrected chi connectivity index (χ0v) is 12.4. The highest BCUT2D eigenvalue weighted by molar-refractivity contribution is 5.30. The van der Waals surface area contributed by atoms with Gasteiger partial charge in [-0.1, -0.05) is 29.3 Å². The molecular formula is C15H22N4. The number of aromatic nitrogens is 3. The first-order chi connectivity index (χ1) is 8.99. The zero-order valence-electron chi connectivity index (χ0n) is 12.4. The van der Waals surface area contributed by atoms with Crippen LogP contribution in [0.15, 0.2) is 18.2 Å². The minimum atomic E-state index is 0.249. The molecule has 0 spiro atoms. The molecule has 0 saturated carbocycles. The van der Waals surface area contributed by atoms with Crippen LogP contribution in [0.2, 0.25) is 0 Å². The second-order valence-corrected chi connectivity index (χ2v) is 5.15. The molecular weight excluding hydrogens is 236 g/mol. The van der Waals surface area contributed by atoms with Gasteiger partial charge in [0.2, 0.25) is 0 Å². The van der Waals surface area contributed by atoms with Gasteiger partial charge in [-0.15, -0.1) is 0 Å². The number of nitrogens with zero attached hydrogens (tertiary/aromatic N) is 3. The normalized spacial score (nSPS) is 12.7. The molecule has 4 heteroatoms. The first kappa shape index (κ1) is 13.7. The van der Waals surface area contributed by atoms with Crippen molar-refractivity contribution in [2.45, 2.75) is 40.3 Å². The molecule has 2 rings (SSSR count). The van der Waals surface area contributed by atoms with Gasteiger partial charge in [-0.05, 0) is 40.3 Å². The highest BCUT2D eigenvalue weighted by atomic mass is 15.3. The Hall–Kier alpha value is -1.68. The van der Waals surface area contributed by atoms with E-state index in [1.807, 2.05) is 25.6 Å². The van der Waals surface area contributed by atoms with Gasteiger partial charge >= 0.3 is 0 Å². The van der Waals surface area contributed by atoms with Crippen molar-refractivity contribution in [1.29, 1.82) is 0 Å². The monoisotopic (exact) mass is 258 g/mol. The molecule has 4 nitrogen and oxygen atoms in total. The summed E-state index contributed by atoms with van der Waals surface area (Å²) in [7, 11) is 1.99. The number of nitrogens with one attached hydrogen (secondary N) is 1. The van der Waals surface area contributed by atoms with Gasteiger partial charge in [0.25, 0.3) is 0 Å². The van der Waals surface area contributed by atoms with E-state index in [4.69, 9.17) is 0 Å². The maximum absolute atomic E-state index is 4.43. The fourth-order valence-electron chi connectivity index (χ4n) is 2.48. The third-order valence-electron chi connectivity index (χ3n) is 3.31. The molecule has 0 saturated heterocycles. The standard InChI is InChI=1S/C15H22N4/c1-10-6-11(2)8-14(7-10)15(16-5)9-19-13(4)17-12(3)18-19/h6-8,15-16H,9H2,1-5H3. The van der Waals surface area contributed by atoms with Crippen molar-refractivity contribution in [3.05, 3.63) is 46.5 Å². The number of aryl methyl sites for hydroxylation is 4. The Kier molecular flexibility index (Phi) is 4.00. The quantitative estimate of drug-likeness (QED) is 0.916. The van der Waals surface area contributed by atoms with E-state index in [1.165, 1.54) is 16.7 Å². The number of rotatable bonds is 4. The molecule has 1 aromatic heterocycles. The average molecular weight is 258 g/mol. The van der Waals surface area contributed by atoms with Crippen LogP contribution in [-0.2, 0) is 6.54 Å². The van der Waals surface area contributed by atoms with Crippen molar-refractivity contribution in [3.8, 4) is 0 Å². The molecule has 0 fully saturated rings. The summed E-state index contributed by atoms with van der Waals surface area (Å²) in [5, 5.41) is 7.80. The van der Waals surface area contributed by atoms with Crippen LogP contribution < -0.4 is 5.32 Å². The van der Waals surface area contributed by atoms with E-state index in [9.17, 15) is 0 Å². The molecule has 0 aliphatic heterocycles. The number of benzene rings is 1. The summed E-state index contributed by atoms with van der Waals surface area (Å²) in [4.78, 5) is 4.35. The van der Waals surface area contributed by atoms with Crippen LogP contribution in [0.4, 0.5) is 0 Å². The topological polar surface area (TPSA) is 42.7 Å². The number of likely N-dealkylation sites (N-methyl/N-ethyl adjacent to an activating group) is 1. The van der Waals surface area contributed by atoms with Crippen molar-refractivity contribution < 1.29 is 0 Å². The van der Waals surface area contributed by atoms with Crippen molar-refractivity contribution in [2.24, 2.45) is 0 Å². The van der Waals surface area contributed by atoms with E-state index in [1.54, 1.807) is 0 Å². The molecule has 1 N–H and O–H groups in total. The second kappa shape index (κ2) is 5.53. The summed E-state index contributed by atoms with van der Waals surface area (Å²) in [6.45, 7) is 8.98. The van der Waals surface area contributed by atoms with Gasteiger partial charge in [-0.3, -0.25) is 0 Å². The fourth-order valence-corrected chi connectivity index (χ4v) is 2.48. The van der Waals surface area contributed by atoms with Crippen LogP contribution in [0.3, 0.4) is 0 Å². The van der Waals surface area contributed by atoms with E-state index >= 15 is 0 Å². The summed E-state index contributed by atoms with van der Waals surface area (Å²) in [6, 6.07) is 6.90. The van der Waals surface area contributed by atoms with E-state index < -0.39 is 0 Å². The van der Waals surface area contributed by atoms with E-state index in [-0.39, 0.29) is 6.04 Å². The number of hydrogen-bond acceptors (Lipinski definition) is 3. The third-order valence-corrected chi connectivity index (χ3v) is 3.31. The van der Waals surface area contributed by atoms with Gasteiger partial charge in [0.1, 0.15) is 11.6 Å². The predicted molar refractivity (Wildman–Crippen MR) is 77.2 cm³/mol. The highest BCUT2D eigenvalue weighted by Gasteiger charge is 2.13. The van der Waals surface area contributed by atoms with Crippen molar-refractivity contribution >= 4 is 0 Å². The average Bonchev–Trinajstić information content (AvgIpc) is 2.63. The molecule has 102 valence electrons. The largest absolute Gasteiger partial charge is 0.311 e. The highest BCUT2D eigenvalue weighted by Crippen LogP contribution is 2.18. The Morgan fingerprint density at radius 2 is 1.74 bits per heavy atom. The summed E-state index contributed by atoms with van der Waals surface area (Å²) < 4.78 is 1.97. The van der Waals surface area contributed by atoms with Gasteiger partial charge in [-0.2, -0.15) is 5.10 Å². The Labute approximate surface area is 114 Å². The summed E-state index contributed by atoms with van der Waals surface area (Å²) in [5.74, 6) is 1.79. The predicted octanol–water partition coefficient (Wildman–Crippen LogP) is 2.47. The van der Waals surface area contributed by atoms with Crippen molar-refractivity contribution in [3.63, 3.8) is 0 Å². The lowest BCUT2D eigenvalue weighted by molar-refractivity contribution is 0.458. The van der Waals surface area contributed by atoms with Gasteiger partial charge in [0.15, 0.2) is 0 Å². The Balaban J connectivity index is 2.27. The Bertz CT molecular complexity index is 551. The van der Waals surface area contributed by atoms with Gasteiger partial charge in [0, 0.05) is 0 Å². The SMILES string of the molecule is CNC(Cn1nc(C)nc1C)c1cc(C)cc(C)c1. The van der Waals surface area contributed by atoms with E-state index in [2.05, 4.69) is 47.4 Å². The second-order valence-electron chi connectivity index (χ2n) is 5.15. The van der Waals surface area contributed by atoms with Crippen LogP contribution in [0.5, 0.6) is 0 Å². The molecule has 2 aromatic rings. The lowest BCUT2D eigenvalue weighted by Gasteiger charge is -2.18. The maximum Gasteiger partial charge on any atom is 0.147 e. The molecule has 1 atom stereocenters. The van der Waals surface area contributed by atoms with Crippen LogP contribution in [0.1, 0.15) is 34.4 Å². The number of hydrogen-bond donors (Lipinski definition) is 1. The lowest BCUT2D eigenvalue weighted by Crippen LogP contribution is -2.23. The molecule has 0 amide bonds. The summed E-state index contributed by atoms with van der Waals surface area (Å²) >= 11 is 0. The molecule has 0 aliphatic rings. The van der Waals surface area contributed by atoms with Gasteiger partial charge in [0.05, 0.1) is 12.6 Å².